The number of hydrogen-bond acceptors (Lipinski definition) is 2. The highest BCUT2D eigenvalue weighted by atomic mass is 16.4. The molecule has 0 aliphatic rings. The van der Waals surface area contributed by atoms with Gasteiger partial charge in [0.15, 0.2) is 0 Å². The van der Waals surface area contributed by atoms with Crippen molar-refractivity contribution in [1.82, 2.24) is 9.55 Å². The Labute approximate surface area is 163 Å². The molecule has 0 amide bonds. The average Bonchev–Trinajstić information content (AvgIpc) is 3.20. The van der Waals surface area contributed by atoms with Crippen LogP contribution in [0.5, 0.6) is 0 Å². The minimum atomic E-state index is -0.738. The maximum Gasteiger partial charge on any atom is 0.311 e. The lowest BCUT2D eigenvalue weighted by Gasteiger charge is -2.17. The Morgan fingerprint density at radius 2 is 1.63 bits per heavy atom. The van der Waals surface area contributed by atoms with Crippen molar-refractivity contribution < 1.29 is 9.90 Å². The van der Waals surface area contributed by atoms with E-state index in [-0.39, 0.29) is 0 Å². The minimum absolute atomic E-state index is 0.461. The third-order valence-corrected chi connectivity index (χ3v) is 5.24. The molecule has 0 saturated heterocycles. The maximum absolute atomic E-state index is 11.9. The smallest absolute Gasteiger partial charge is 0.311 e. The van der Waals surface area contributed by atoms with Gasteiger partial charge in [0.05, 0.1) is 17.9 Å². The van der Waals surface area contributed by atoms with Crippen LogP contribution < -0.4 is 0 Å². The second-order valence-corrected chi connectivity index (χ2v) is 7.39. The lowest BCUT2D eigenvalue weighted by Crippen LogP contribution is -2.14. The summed E-state index contributed by atoms with van der Waals surface area (Å²) in [6.45, 7) is 2.25. The summed E-state index contributed by atoms with van der Waals surface area (Å²) >= 11 is 0. The Kier molecular flexibility index (Phi) is 9.67. The zero-order valence-corrected chi connectivity index (χ0v) is 16.6. The first-order chi connectivity index (χ1) is 13.2. The molecule has 1 aromatic carbocycles. The summed E-state index contributed by atoms with van der Waals surface area (Å²) in [6, 6.07) is 7.76. The van der Waals surface area contributed by atoms with E-state index < -0.39 is 11.9 Å². The van der Waals surface area contributed by atoms with Crippen LogP contribution in [-0.2, 0) is 4.79 Å². The molecule has 0 radical (unpaired) electrons. The summed E-state index contributed by atoms with van der Waals surface area (Å²) in [5, 5.41) is 9.77. The molecule has 4 heteroatoms. The van der Waals surface area contributed by atoms with Crippen LogP contribution in [0.15, 0.2) is 43.0 Å². The number of aliphatic carboxylic acids is 1. The lowest BCUT2D eigenvalue weighted by molar-refractivity contribution is -0.139. The van der Waals surface area contributed by atoms with Crippen LogP contribution in [0, 0.1) is 0 Å². The van der Waals surface area contributed by atoms with Crippen LogP contribution in [0.4, 0.5) is 0 Å². The summed E-state index contributed by atoms with van der Waals surface area (Å²) in [5.41, 5.74) is 1.79. The summed E-state index contributed by atoms with van der Waals surface area (Å²) < 4.78 is 1.89. The summed E-state index contributed by atoms with van der Waals surface area (Å²) in [4.78, 5) is 16.0. The number of imidazole rings is 1. The van der Waals surface area contributed by atoms with Crippen LogP contribution in [0.3, 0.4) is 0 Å². The van der Waals surface area contributed by atoms with Crippen LogP contribution in [0.2, 0.25) is 0 Å². The number of hydrogen-bond donors (Lipinski definition) is 1. The van der Waals surface area contributed by atoms with E-state index >= 15 is 0 Å². The topological polar surface area (TPSA) is 55.1 Å². The molecular weight excluding hydrogens is 336 g/mol. The Balaban J connectivity index is 1.78. The van der Waals surface area contributed by atoms with Gasteiger partial charge in [-0.15, -0.1) is 0 Å². The van der Waals surface area contributed by atoms with E-state index in [0.717, 1.165) is 24.1 Å². The number of benzene rings is 1. The van der Waals surface area contributed by atoms with Crippen molar-refractivity contribution in [1.29, 1.82) is 0 Å². The van der Waals surface area contributed by atoms with Gasteiger partial charge in [-0.05, 0) is 18.1 Å². The van der Waals surface area contributed by atoms with Gasteiger partial charge < -0.3 is 9.67 Å². The Hall–Kier alpha value is -2.10. The predicted molar refractivity (Wildman–Crippen MR) is 110 cm³/mol. The molecule has 0 spiro atoms. The first kappa shape index (κ1) is 21.2. The Morgan fingerprint density at radius 1 is 1.00 bits per heavy atom. The standard InChI is InChI=1S/C23H34N2O2/c1-2-3-4-5-6-7-8-9-10-11-15-21(23(26)27)20-14-12-13-16-22(20)25-18-17-24-19-25/h12-14,16-19,21H,2-11,15H2,1H3,(H,26,27). The molecule has 0 aliphatic carbocycles. The zero-order chi connectivity index (χ0) is 19.3. The number of nitrogens with zero attached hydrogens (tertiary/aromatic N) is 2. The van der Waals surface area contributed by atoms with E-state index in [2.05, 4.69) is 11.9 Å². The van der Waals surface area contributed by atoms with Crippen molar-refractivity contribution in [3.8, 4) is 5.69 Å². The fourth-order valence-electron chi connectivity index (χ4n) is 3.67. The Morgan fingerprint density at radius 3 is 2.22 bits per heavy atom. The largest absolute Gasteiger partial charge is 0.481 e. The maximum atomic E-state index is 11.9. The number of carboxylic acid groups (broad SMARTS) is 1. The zero-order valence-electron chi connectivity index (χ0n) is 16.6. The first-order valence-electron chi connectivity index (χ1n) is 10.5. The van der Waals surface area contributed by atoms with Gasteiger partial charge in [-0.2, -0.15) is 0 Å². The van der Waals surface area contributed by atoms with Gasteiger partial charge in [0.2, 0.25) is 0 Å². The van der Waals surface area contributed by atoms with E-state index in [0.29, 0.717) is 6.42 Å². The van der Waals surface area contributed by atoms with E-state index in [1.165, 1.54) is 51.4 Å². The summed E-state index contributed by atoms with van der Waals surface area (Å²) in [6.07, 6.45) is 18.6. The molecule has 1 atom stereocenters. The van der Waals surface area contributed by atoms with E-state index in [1.54, 1.807) is 12.5 Å². The molecule has 1 aromatic heterocycles. The van der Waals surface area contributed by atoms with Gasteiger partial charge >= 0.3 is 5.97 Å². The quantitative estimate of drug-likeness (QED) is 0.394. The molecule has 148 valence electrons. The molecule has 1 N–H and O–H groups in total. The predicted octanol–water partition coefficient (Wildman–Crippen LogP) is 6.35. The number of aromatic nitrogens is 2. The number of rotatable bonds is 14. The molecule has 27 heavy (non-hydrogen) atoms. The SMILES string of the molecule is CCCCCCCCCCCCC(C(=O)O)c1ccccc1-n1ccnc1. The summed E-state index contributed by atoms with van der Waals surface area (Å²) in [7, 11) is 0. The van der Waals surface area contributed by atoms with Crippen molar-refractivity contribution in [3.63, 3.8) is 0 Å². The first-order valence-corrected chi connectivity index (χ1v) is 10.5. The van der Waals surface area contributed by atoms with Crippen molar-refractivity contribution in [3.05, 3.63) is 48.5 Å². The molecule has 0 aliphatic heterocycles. The number of unbranched alkanes of at least 4 members (excludes halogenated alkanes) is 9. The van der Waals surface area contributed by atoms with Crippen molar-refractivity contribution in [2.45, 2.75) is 83.5 Å². The lowest BCUT2D eigenvalue weighted by atomic mass is 9.91. The number of carbonyl (C=O) groups is 1. The highest BCUT2D eigenvalue weighted by molar-refractivity contribution is 5.77. The molecule has 4 nitrogen and oxygen atoms in total. The van der Waals surface area contributed by atoms with Crippen LogP contribution in [0.1, 0.15) is 89.0 Å². The van der Waals surface area contributed by atoms with Gasteiger partial charge in [0.1, 0.15) is 0 Å². The molecule has 0 saturated carbocycles. The minimum Gasteiger partial charge on any atom is -0.481 e. The molecule has 0 fully saturated rings. The highest BCUT2D eigenvalue weighted by Crippen LogP contribution is 2.28. The van der Waals surface area contributed by atoms with Crippen molar-refractivity contribution in [2.24, 2.45) is 0 Å². The fourth-order valence-corrected chi connectivity index (χ4v) is 3.67. The van der Waals surface area contributed by atoms with Gasteiger partial charge in [-0.25, -0.2) is 4.98 Å². The monoisotopic (exact) mass is 370 g/mol. The third kappa shape index (κ3) is 7.20. The highest BCUT2D eigenvalue weighted by Gasteiger charge is 2.22. The van der Waals surface area contributed by atoms with E-state index in [9.17, 15) is 9.90 Å². The molecule has 1 heterocycles. The van der Waals surface area contributed by atoms with E-state index in [1.807, 2.05) is 35.0 Å². The van der Waals surface area contributed by atoms with Crippen LogP contribution >= 0.6 is 0 Å². The average molecular weight is 371 g/mol. The van der Waals surface area contributed by atoms with Crippen LogP contribution in [0.25, 0.3) is 5.69 Å². The van der Waals surface area contributed by atoms with Crippen molar-refractivity contribution in [2.75, 3.05) is 0 Å². The molecule has 1 unspecified atom stereocenters. The summed E-state index contributed by atoms with van der Waals surface area (Å²) in [5.74, 6) is -1.20. The van der Waals surface area contributed by atoms with Gasteiger partial charge in [-0.1, -0.05) is 89.3 Å². The molecule has 0 bridgehead atoms. The second-order valence-electron chi connectivity index (χ2n) is 7.39. The third-order valence-electron chi connectivity index (χ3n) is 5.24. The fraction of sp³-hybridized carbons (Fsp3) is 0.565. The Bertz CT molecular complexity index is 652. The number of para-hydroxylation sites is 1. The molecule has 2 rings (SSSR count). The van der Waals surface area contributed by atoms with E-state index in [4.69, 9.17) is 0 Å². The molecule has 2 aromatic rings. The van der Waals surface area contributed by atoms with Gasteiger partial charge in [-0.3, -0.25) is 4.79 Å². The second kappa shape index (κ2) is 12.3. The van der Waals surface area contributed by atoms with Gasteiger partial charge in [0.25, 0.3) is 0 Å². The van der Waals surface area contributed by atoms with Crippen molar-refractivity contribution >= 4 is 5.97 Å². The number of carboxylic acids is 1. The van der Waals surface area contributed by atoms with Crippen LogP contribution in [-0.4, -0.2) is 20.6 Å². The normalized spacial score (nSPS) is 12.2. The van der Waals surface area contributed by atoms with Gasteiger partial charge in [0, 0.05) is 12.4 Å². The molecular formula is C23H34N2O2.